The molecule has 0 aromatic carbocycles. The number of allylic oxidation sites excluding steroid dienone is 1. The van der Waals surface area contributed by atoms with Crippen molar-refractivity contribution in [3.63, 3.8) is 0 Å². The van der Waals surface area contributed by atoms with Crippen LogP contribution in [0.2, 0.25) is 0 Å². The van der Waals surface area contributed by atoms with Gasteiger partial charge in [0.1, 0.15) is 11.1 Å². The summed E-state index contributed by atoms with van der Waals surface area (Å²) in [6.45, 7) is 5.48. The van der Waals surface area contributed by atoms with Gasteiger partial charge in [0.25, 0.3) is 0 Å². The maximum Gasteiger partial charge on any atom is 0.332 e. The zero-order chi connectivity index (χ0) is 18.1. The Kier molecular flexibility index (Phi) is 5.24. The van der Waals surface area contributed by atoms with Gasteiger partial charge in [-0.3, -0.25) is 4.79 Å². The second-order valence-corrected chi connectivity index (χ2v) is 7.62. The lowest BCUT2D eigenvalue weighted by molar-refractivity contribution is -0.162. The molecule has 3 rings (SSSR count). The van der Waals surface area contributed by atoms with E-state index in [2.05, 4.69) is 4.98 Å². The minimum absolute atomic E-state index is 0.0776. The molecule has 7 heteroatoms. The summed E-state index contributed by atoms with van der Waals surface area (Å²) in [6.07, 6.45) is 2.22. The molecule has 0 spiro atoms. The third-order valence-corrected chi connectivity index (χ3v) is 6.05. The van der Waals surface area contributed by atoms with Crippen LogP contribution in [0.1, 0.15) is 43.8 Å². The molecule has 0 radical (unpaired) electrons. The lowest BCUT2D eigenvalue weighted by Gasteiger charge is -2.42. The van der Waals surface area contributed by atoms with Gasteiger partial charge in [0, 0.05) is 17.5 Å². The molecule has 25 heavy (non-hydrogen) atoms. The van der Waals surface area contributed by atoms with E-state index in [1.807, 2.05) is 19.2 Å². The molecule has 1 saturated carbocycles. The average molecular weight is 365 g/mol. The van der Waals surface area contributed by atoms with Gasteiger partial charge >= 0.3 is 5.97 Å². The maximum atomic E-state index is 13.0. The van der Waals surface area contributed by atoms with Crippen molar-refractivity contribution in [2.45, 2.75) is 58.3 Å². The first-order valence-electron chi connectivity index (χ1n) is 8.61. The van der Waals surface area contributed by atoms with Crippen LogP contribution in [-0.2, 0) is 19.1 Å². The van der Waals surface area contributed by atoms with E-state index in [0.717, 1.165) is 12.1 Å². The Morgan fingerprint density at radius 2 is 2.28 bits per heavy atom. The summed E-state index contributed by atoms with van der Waals surface area (Å²) < 4.78 is 11.6. The second kappa shape index (κ2) is 7.25. The van der Waals surface area contributed by atoms with E-state index in [9.17, 15) is 9.59 Å². The van der Waals surface area contributed by atoms with Crippen molar-refractivity contribution in [2.24, 2.45) is 11.8 Å². The molecule has 1 aliphatic heterocycles. The lowest BCUT2D eigenvalue weighted by Crippen LogP contribution is -2.47. The van der Waals surface area contributed by atoms with Crippen LogP contribution in [-0.4, -0.2) is 40.2 Å². The Morgan fingerprint density at radius 1 is 1.52 bits per heavy atom. The number of nitrogens with zero attached hydrogens (tertiary/aromatic N) is 1. The summed E-state index contributed by atoms with van der Waals surface area (Å²) in [6, 6.07) is 0. The summed E-state index contributed by atoms with van der Waals surface area (Å²) in [5.41, 5.74) is 1.44. The minimum atomic E-state index is -0.973. The van der Waals surface area contributed by atoms with E-state index < -0.39 is 12.1 Å². The molecule has 136 valence electrons. The predicted molar refractivity (Wildman–Crippen MR) is 93.2 cm³/mol. The van der Waals surface area contributed by atoms with E-state index in [0.29, 0.717) is 23.4 Å². The Balaban J connectivity index is 1.78. The summed E-state index contributed by atoms with van der Waals surface area (Å²) in [5, 5.41) is 11.7. The van der Waals surface area contributed by atoms with Crippen molar-refractivity contribution in [3.05, 3.63) is 22.3 Å². The molecule has 1 fully saturated rings. The number of carboxylic acid groups (broad SMARTS) is 1. The number of ketones is 1. The number of aromatic nitrogens is 1. The number of carbonyl (C=O) groups is 2. The van der Waals surface area contributed by atoms with Crippen LogP contribution in [0.3, 0.4) is 0 Å². The highest BCUT2D eigenvalue weighted by atomic mass is 32.1. The fraction of sp³-hybridized carbons (Fsp3) is 0.611. The monoisotopic (exact) mass is 365 g/mol. The van der Waals surface area contributed by atoms with Crippen LogP contribution in [0.15, 0.2) is 11.6 Å². The quantitative estimate of drug-likeness (QED) is 0.863. The van der Waals surface area contributed by atoms with Crippen LogP contribution in [0.25, 0.3) is 5.57 Å². The molecule has 1 aromatic heterocycles. The first-order chi connectivity index (χ1) is 11.9. The minimum Gasteiger partial charge on any atom is -0.496 e. The maximum absolute atomic E-state index is 13.0. The molecule has 0 saturated heterocycles. The Hall–Kier alpha value is -1.73. The Morgan fingerprint density at radius 3 is 2.88 bits per heavy atom. The molecular formula is C18H23NO5S. The average Bonchev–Trinajstić information content (AvgIpc) is 3.00. The highest BCUT2D eigenvalue weighted by Gasteiger charge is 2.45. The van der Waals surface area contributed by atoms with E-state index in [1.54, 1.807) is 0 Å². The van der Waals surface area contributed by atoms with Crippen LogP contribution in [0, 0.1) is 18.8 Å². The van der Waals surface area contributed by atoms with E-state index in [-0.39, 0.29) is 29.8 Å². The number of Topliss-reactive ketones (excluding diaryl/α,β-unsaturated/α-hetero) is 1. The van der Waals surface area contributed by atoms with E-state index in [1.165, 1.54) is 24.5 Å². The van der Waals surface area contributed by atoms with Crippen molar-refractivity contribution < 1.29 is 24.2 Å². The summed E-state index contributed by atoms with van der Waals surface area (Å²) in [7, 11) is 0. The Bertz CT molecular complexity index is 697. The Labute approximate surface area is 150 Å². The van der Waals surface area contributed by atoms with Gasteiger partial charge < -0.3 is 14.6 Å². The van der Waals surface area contributed by atoms with E-state index >= 15 is 0 Å². The molecule has 0 bridgehead atoms. The zero-order valence-electron chi connectivity index (χ0n) is 14.6. The third kappa shape index (κ3) is 3.62. The first-order valence-corrected chi connectivity index (χ1v) is 9.49. The first kappa shape index (κ1) is 18.1. The number of hydrogen-bond acceptors (Lipinski definition) is 6. The molecule has 5 unspecified atom stereocenters. The highest BCUT2D eigenvalue weighted by molar-refractivity contribution is 7.11. The van der Waals surface area contributed by atoms with Crippen molar-refractivity contribution in [3.8, 4) is 0 Å². The summed E-state index contributed by atoms with van der Waals surface area (Å²) >= 11 is 1.45. The van der Waals surface area contributed by atoms with Crippen molar-refractivity contribution in [1.29, 1.82) is 0 Å². The number of aliphatic carboxylic acids is 1. The zero-order valence-corrected chi connectivity index (χ0v) is 15.4. The van der Waals surface area contributed by atoms with Crippen LogP contribution in [0.5, 0.6) is 0 Å². The number of rotatable bonds is 5. The molecule has 6 nitrogen and oxygen atoms in total. The topological polar surface area (TPSA) is 85.7 Å². The molecule has 1 aliphatic carbocycles. The van der Waals surface area contributed by atoms with E-state index in [4.69, 9.17) is 14.6 Å². The van der Waals surface area contributed by atoms with Crippen LogP contribution in [0.4, 0.5) is 0 Å². The standard InChI is InChI=1S/C18H23NO5S/c1-4-11-5-12-15(6-14(11)24-10(3)18(21)22)23-7-13(16(12)20)17-19-9(2)8-25-17/h7-8,10-12,14-15H,4-6H2,1-3H3,(H,21,22). The van der Waals surface area contributed by atoms with Gasteiger partial charge in [-0.15, -0.1) is 11.3 Å². The normalized spacial score (nSPS) is 30.2. The van der Waals surface area contributed by atoms with Crippen LogP contribution < -0.4 is 0 Å². The molecule has 1 N–H and O–H groups in total. The number of aryl methyl sites for hydroxylation is 1. The molecule has 2 aliphatic rings. The SMILES string of the molecule is CCC1CC2C(=O)C(c3nc(C)cs3)=COC2CC1OC(C)C(=O)O. The summed E-state index contributed by atoms with van der Waals surface area (Å²) in [5.74, 6) is -0.963. The second-order valence-electron chi connectivity index (χ2n) is 6.77. The molecular weight excluding hydrogens is 342 g/mol. The largest absolute Gasteiger partial charge is 0.496 e. The number of ether oxygens (including phenoxy) is 2. The molecule has 0 amide bonds. The van der Waals surface area contributed by atoms with Crippen molar-refractivity contribution >= 4 is 28.7 Å². The number of carboxylic acids is 1. The van der Waals surface area contributed by atoms with Gasteiger partial charge in [-0.05, 0) is 26.2 Å². The number of thiazole rings is 1. The number of carbonyl (C=O) groups excluding carboxylic acids is 1. The van der Waals surface area contributed by atoms with Crippen LogP contribution >= 0.6 is 11.3 Å². The fourth-order valence-electron chi connectivity index (χ4n) is 3.61. The molecule has 2 heterocycles. The van der Waals surface area contributed by atoms with Gasteiger partial charge in [0.15, 0.2) is 11.9 Å². The molecule has 1 aromatic rings. The number of hydrogen-bond donors (Lipinski definition) is 1. The van der Waals surface area contributed by atoms with Crippen molar-refractivity contribution in [2.75, 3.05) is 0 Å². The predicted octanol–water partition coefficient (Wildman–Crippen LogP) is 3.05. The smallest absolute Gasteiger partial charge is 0.332 e. The van der Waals surface area contributed by atoms with Gasteiger partial charge in [-0.2, -0.15) is 0 Å². The van der Waals surface area contributed by atoms with Crippen molar-refractivity contribution in [1.82, 2.24) is 4.98 Å². The van der Waals surface area contributed by atoms with Gasteiger partial charge in [-0.25, -0.2) is 9.78 Å². The van der Waals surface area contributed by atoms with Gasteiger partial charge in [-0.1, -0.05) is 13.3 Å². The summed E-state index contributed by atoms with van der Waals surface area (Å²) in [4.78, 5) is 28.4. The lowest BCUT2D eigenvalue weighted by atomic mass is 9.72. The fourth-order valence-corrected chi connectivity index (χ4v) is 4.41. The third-order valence-electron chi connectivity index (χ3n) is 5.06. The van der Waals surface area contributed by atoms with Gasteiger partial charge in [0.05, 0.1) is 23.9 Å². The number of fused-ring (bicyclic) bond motifs is 1. The highest BCUT2D eigenvalue weighted by Crippen LogP contribution is 2.41. The van der Waals surface area contributed by atoms with Gasteiger partial charge in [0.2, 0.25) is 0 Å². The molecule has 5 atom stereocenters.